The van der Waals surface area contributed by atoms with Gasteiger partial charge in [0.05, 0.1) is 18.1 Å². The average molecular weight is 388 g/mol. The van der Waals surface area contributed by atoms with Crippen molar-refractivity contribution in [1.29, 1.82) is 0 Å². The smallest absolute Gasteiger partial charge is 0.303 e. The monoisotopic (exact) mass is 387 g/mol. The van der Waals surface area contributed by atoms with Gasteiger partial charge >= 0.3 is 5.97 Å². The van der Waals surface area contributed by atoms with E-state index in [0.29, 0.717) is 6.42 Å². The highest BCUT2D eigenvalue weighted by atomic mass is 32.1. The third-order valence-electron chi connectivity index (χ3n) is 4.47. The maximum Gasteiger partial charge on any atom is 0.303 e. The normalized spacial score (nSPS) is 14.9. The molecule has 0 amide bonds. The SMILES string of the molecule is N[C@@H](CS)C(=O)[C@H](/C=C/c1ccc2ccccc2c1)[C@@H](O)CCCC(=O)O. The van der Waals surface area contributed by atoms with Crippen molar-refractivity contribution in [3.05, 3.63) is 54.1 Å². The molecule has 0 aromatic heterocycles. The lowest BCUT2D eigenvalue weighted by atomic mass is 9.89. The average Bonchev–Trinajstić information content (AvgIpc) is 2.66. The van der Waals surface area contributed by atoms with E-state index < -0.39 is 24.0 Å². The van der Waals surface area contributed by atoms with Gasteiger partial charge in [-0.15, -0.1) is 0 Å². The Kier molecular flexibility index (Phi) is 8.03. The first kappa shape index (κ1) is 21.2. The third kappa shape index (κ3) is 6.20. The van der Waals surface area contributed by atoms with Gasteiger partial charge in [-0.3, -0.25) is 9.59 Å². The van der Waals surface area contributed by atoms with E-state index in [0.717, 1.165) is 16.3 Å². The van der Waals surface area contributed by atoms with Crippen molar-refractivity contribution in [3.8, 4) is 0 Å². The summed E-state index contributed by atoms with van der Waals surface area (Å²) in [6.45, 7) is 0. The number of ketones is 1. The van der Waals surface area contributed by atoms with Crippen LogP contribution in [0.4, 0.5) is 0 Å². The molecule has 0 saturated heterocycles. The van der Waals surface area contributed by atoms with Crippen molar-refractivity contribution >= 4 is 41.2 Å². The Bertz CT molecular complexity index is 821. The van der Waals surface area contributed by atoms with Gasteiger partial charge in [0, 0.05) is 12.2 Å². The molecule has 3 atom stereocenters. The summed E-state index contributed by atoms with van der Waals surface area (Å²) in [4.78, 5) is 23.2. The summed E-state index contributed by atoms with van der Waals surface area (Å²) < 4.78 is 0. The zero-order chi connectivity index (χ0) is 19.8. The molecule has 6 heteroatoms. The number of aliphatic hydroxyl groups excluding tert-OH is 1. The van der Waals surface area contributed by atoms with Crippen LogP contribution in [-0.2, 0) is 9.59 Å². The number of thiol groups is 1. The van der Waals surface area contributed by atoms with Gasteiger partial charge in [-0.2, -0.15) is 12.6 Å². The fraction of sp³-hybridized carbons (Fsp3) is 0.333. The Morgan fingerprint density at radius 1 is 1.15 bits per heavy atom. The van der Waals surface area contributed by atoms with Crippen molar-refractivity contribution in [2.24, 2.45) is 11.7 Å². The number of aliphatic carboxylic acids is 1. The summed E-state index contributed by atoms with van der Waals surface area (Å²) >= 11 is 4.06. The van der Waals surface area contributed by atoms with Crippen LogP contribution in [0.5, 0.6) is 0 Å². The number of carboxylic acid groups (broad SMARTS) is 1. The number of benzene rings is 2. The number of carboxylic acids is 1. The number of rotatable bonds is 10. The summed E-state index contributed by atoms with van der Waals surface area (Å²) in [5.74, 6) is -1.85. The molecule has 5 nitrogen and oxygen atoms in total. The molecule has 0 radical (unpaired) electrons. The first-order valence-electron chi connectivity index (χ1n) is 8.89. The Balaban J connectivity index is 2.19. The fourth-order valence-electron chi connectivity index (χ4n) is 2.92. The van der Waals surface area contributed by atoms with E-state index in [9.17, 15) is 14.7 Å². The minimum Gasteiger partial charge on any atom is -0.481 e. The molecule has 0 unspecified atom stereocenters. The Labute approximate surface area is 164 Å². The maximum atomic E-state index is 12.5. The number of hydrogen-bond acceptors (Lipinski definition) is 5. The van der Waals surface area contributed by atoms with Crippen LogP contribution >= 0.6 is 12.6 Å². The molecule has 0 aliphatic carbocycles. The molecule has 0 bridgehead atoms. The van der Waals surface area contributed by atoms with Crippen LogP contribution in [0.3, 0.4) is 0 Å². The first-order valence-corrected chi connectivity index (χ1v) is 9.52. The van der Waals surface area contributed by atoms with Gasteiger partial charge in [0.1, 0.15) is 0 Å². The van der Waals surface area contributed by atoms with Gasteiger partial charge in [-0.25, -0.2) is 0 Å². The highest BCUT2D eigenvalue weighted by Crippen LogP contribution is 2.20. The lowest BCUT2D eigenvalue weighted by Gasteiger charge is -2.21. The summed E-state index contributed by atoms with van der Waals surface area (Å²) in [5.41, 5.74) is 6.72. The molecule has 0 heterocycles. The molecule has 0 spiro atoms. The molecular weight excluding hydrogens is 362 g/mol. The molecule has 0 aliphatic rings. The minimum absolute atomic E-state index is 0.0506. The predicted molar refractivity (Wildman–Crippen MR) is 111 cm³/mol. The molecule has 2 rings (SSSR count). The minimum atomic E-state index is -0.987. The number of carbonyl (C=O) groups excluding carboxylic acids is 1. The van der Waals surface area contributed by atoms with Gasteiger partial charge in [-0.1, -0.05) is 48.6 Å². The van der Waals surface area contributed by atoms with E-state index in [1.165, 1.54) is 0 Å². The molecule has 0 fully saturated rings. The Morgan fingerprint density at radius 2 is 1.85 bits per heavy atom. The first-order chi connectivity index (χ1) is 12.9. The van der Waals surface area contributed by atoms with Crippen molar-refractivity contribution in [3.63, 3.8) is 0 Å². The highest BCUT2D eigenvalue weighted by molar-refractivity contribution is 7.80. The Hall–Kier alpha value is -2.15. The third-order valence-corrected chi connectivity index (χ3v) is 4.86. The lowest BCUT2D eigenvalue weighted by molar-refractivity contribution is -0.137. The van der Waals surface area contributed by atoms with Crippen LogP contribution in [0, 0.1) is 5.92 Å². The van der Waals surface area contributed by atoms with Crippen molar-refractivity contribution in [1.82, 2.24) is 0 Å². The standard InChI is InChI=1S/C21H25NO4S/c22-18(13-27)21(26)17(19(23)6-3-7-20(24)25)11-9-14-8-10-15-4-1-2-5-16(15)12-14/h1-2,4-5,8-12,17-19,23,27H,3,6-7,13,22H2,(H,24,25)/b11-9+/t17-,18+,19+/m1/s1. The van der Waals surface area contributed by atoms with Crippen LogP contribution < -0.4 is 5.73 Å². The van der Waals surface area contributed by atoms with E-state index in [1.807, 2.05) is 42.5 Å². The number of carbonyl (C=O) groups is 2. The summed E-state index contributed by atoms with van der Waals surface area (Å²) in [5, 5.41) is 21.4. The van der Waals surface area contributed by atoms with Gasteiger partial charge in [0.2, 0.25) is 0 Å². The van der Waals surface area contributed by atoms with E-state index in [-0.39, 0.29) is 24.4 Å². The van der Waals surface area contributed by atoms with Crippen LogP contribution in [0.2, 0.25) is 0 Å². The molecular formula is C21H25NO4S. The van der Waals surface area contributed by atoms with Crippen LogP contribution in [0.25, 0.3) is 16.8 Å². The number of nitrogens with two attached hydrogens (primary N) is 1. The van der Waals surface area contributed by atoms with Gasteiger partial charge in [-0.05, 0) is 35.2 Å². The largest absolute Gasteiger partial charge is 0.481 e. The quantitative estimate of drug-likeness (QED) is 0.470. The fourth-order valence-corrected chi connectivity index (χ4v) is 3.10. The zero-order valence-electron chi connectivity index (χ0n) is 15.0. The molecule has 0 saturated carbocycles. The summed E-state index contributed by atoms with van der Waals surface area (Å²) in [6, 6.07) is 13.1. The second-order valence-corrected chi connectivity index (χ2v) is 6.90. The zero-order valence-corrected chi connectivity index (χ0v) is 15.9. The number of Topliss-reactive ketones (excluding diaryl/α,β-unsaturated/α-hetero) is 1. The van der Waals surface area contributed by atoms with Gasteiger partial charge in [0.25, 0.3) is 0 Å². The van der Waals surface area contributed by atoms with Crippen molar-refractivity contribution in [2.45, 2.75) is 31.4 Å². The van der Waals surface area contributed by atoms with Gasteiger partial charge < -0.3 is 15.9 Å². The van der Waals surface area contributed by atoms with E-state index in [2.05, 4.69) is 12.6 Å². The number of aliphatic hydroxyl groups is 1. The van der Waals surface area contributed by atoms with Crippen LogP contribution in [-0.4, -0.2) is 39.9 Å². The molecule has 144 valence electrons. The van der Waals surface area contributed by atoms with E-state index in [4.69, 9.17) is 10.8 Å². The lowest BCUT2D eigenvalue weighted by Crippen LogP contribution is -2.41. The Morgan fingerprint density at radius 3 is 2.52 bits per heavy atom. The predicted octanol–water partition coefficient (Wildman–Crippen LogP) is 2.91. The second-order valence-electron chi connectivity index (χ2n) is 6.54. The van der Waals surface area contributed by atoms with Crippen molar-refractivity contribution in [2.75, 3.05) is 5.75 Å². The van der Waals surface area contributed by atoms with E-state index >= 15 is 0 Å². The van der Waals surface area contributed by atoms with Crippen LogP contribution in [0.1, 0.15) is 24.8 Å². The topological polar surface area (TPSA) is 101 Å². The summed E-state index contributed by atoms with van der Waals surface area (Å²) in [7, 11) is 0. The summed E-state index contributed by atoms with van der Waals surface area (Å²) in [6.07, 6.45) is 2.91. The molecule has 27 heavy (non-hydrogen) atoms. The van der Waals surface area contributed by atoms with Crippen LogP contribution in [0.15, 0.2) is 48.5 Å². The van der Waals surface area contributed by atoms with Crippen molar-refractivity contribution < 1.29 is 19.8 Å². The maximum absolute atomic E-state index is 12.5. The van der Waals surface area contributed by atoms with E-state index in [1.54, 1.807) is 12.2 Å². The molecule has 0 aliphatic heterocycles. The second kappa shape index (κ2) is 10.3. The molecule has 2 aromatic rings. The molecule has 2 aromatic carbocycles. The molecule has 4 N–H and O–H groups in total. The van der Waals surface area contributed by atoms with Gasteiger partial charge in [0.15, 0.2) is 5.78 Å². The highest BCUT2D eigenvalue weighted by Gasteiger charge is 2.27. The number of fused-ring (bicyclic) bond motifs is 1. The number of hydrogen-bond donors (Lipinski definition) is 4.